The molecule has 4 aromatic rings. The number of amides is 1. The zero-order valence-corrected chi connectivity index (χ0v) is 22.6. The van der Waals surface area contributed by atoms with E-state index in [1.165, 1.54) is 17.0 Å². The number of ketones is 1. The molecule has 0 spiro atoms. The Bertz CT molecular complexity index is 1600. The molecule has 2 aliphatic heterocycles. The summed E-state index contributed by atoms with van der Waals surface area (Å²) in [6.45, 7) is 4.94. The minimum Gasteiger partial charge on any atom is -0.493 e. The number of Topliss-reactive ketones (excluding diaryl/α,β-unsaturated/α-hetero) is 1. The van der Waals surface area contributed by atoms with Crippen LogP contribution in [0, 0.1) is 0 Å². The number of anilines is 1. The Morgan fingerprint density at radius 1 is 1.15 bits per heavy atom. The molecule has 3 N–H and O–H groups in total. The number of ether oxygens (including phenoxy) is 1. The Labute approximate surface area is 231 Å². The molecule has 10 heteroatoms. The molecule has 3 aromatic heterocycles. The van der Waals surface area contributed by atoms with E-state index in [-0.39, 0.29) is 23.4 Å². The number of nitrogen functional groups attached to an aromatic ring is 1. The van der Waals surface area contributed by atoms with E-state index in [1.54, 1.807) is 24.2 Å². The van der Waals surface area contributed by atoms with Crippen molar-refractivity contribution in [1.82, 2.24) is 24.5 Å². The number of aliphatic hydroxyl groups is 1. The molecule has 0 radical (unpaired) electrons. The van der Waals surface area contributed by atoms with Gasteiger partial charge >= 0.3 is 0 Å². The molecule has 10 nitrogen and oxygen atoms in total. The molecule has 1 unspecified atom stereocenters. The third-order valence-electron chi connectivity index (χ3n) is 7.99. The molecular formula is C30H32N6O4. The number of aliphatic hydroxyl groups excluding tert-OH is 1. The smallest absolute Gasteiger partial charge is 0.251 e. The van der Waals surface area contributed by atoms with Gasteiger partial charge < -0.3 is 20.5 Å². The molecule has 206 valence electrons. The summed E-state index contributed by atoms with van der Waals surface area (Å²) in [6, 6.07) is 10.1. The molecule has 40 heavy (non-hydrogen) atoms. The summed E-state index contributed by atoms with van der Waals surface area (Å²) in [5, 5.41) is 14.4. The minimum atomic E-state index is -0.986. The van der Waals surface area contributed by atoms with Crippen molar-refractivity contribution in [1.29, 1.82) is 0 Å². The summed E-state index contributed by atoms with van der Waals surface area (Å²) in [6.07, 6.45) is 5.04. The number of pyridine rings is 1. The third kappa shape index (κ3) is 4.48. The zero-order chi connectivity index (χ0) is 28.0. The standard InChI is InChI=1S/C30H32N6O4/c1-3-24(38)30(39)35-11-8-18(9-12-35)27-26(17(2)37)28(31)36-29(34-27)22(16-33-36)21-4-6-23(32-15-21)19-5-7-25-20(14-19)10-13-40-25/h4-7,14-16,18,24,38H,3,8-13,31H2,1-2H3. The molecule has 1 amide bonds. The van der Waals surface area contributed by atoms with E-state index in [1.807, 2.05) is 24.3 Å². The van der Waals surface area contributed by atoms with E-state index in [0.29, 0.717) is 55.9 Å². The van der Waals surface area contributed by atoms with E-state index in [9.17, 15) is 14.7 Å². The number of nitrogens with two attached hydrogens (primary N) is 1. The number of piperidine rings is 1. The maximum absolute atomic E-state index is 12.7. The van der Waals surface area contributed by atoms with Crippen molar-refractivity contribution >= 4 is 23.2 Å². The monoisotopic (exact) mass is 540 g/mol. The van der Waals surface area contributed by atoms with Crippen LogP contribution < -0.4 is 10.5 Å². The maximum atomic E-state index is 12.7. The van der Waals surface area contributed by atoms with E-state index in [0.717, 1.165) is 34.6 Å². The number of fused-ring (bicyclic) bond motifs is 2. The average Bonchev–Trinajstić information content (AvgIpc) is 3.63. The van der Waals surface area contributed by atoms with Gasteiger partial charge in [0.2, 0.25) is 0 Å². The Balaban J connectivity index is 1.32. The fourth-order valence-electron chi connectivity index (χ4n) is 5.72. The van der Waals surface area contributed by atoms with Crippen molar-refractivity contribution < 1.29 is 19.4 Å². The van der Waals surface area contributed by atoms with Crippen LogP contribution in [0.1, 0.15) is 60.6 Å². The van der Waals surface area contributed by atoms with Crippen molar-refractivity contribution in [3.63, 3.8) is 0 Å². The maximum Gasteiger partial charge on any atom is 0.251 e. The second kappa shape index (κ2) is 10.3. The lowest BCUT2D eigenvalue weighted by atomic mass is 9.89. The van der Waals surface area contributed by atoms with E-state index in [2.05, 4.69) is 11.2 Å². The van der Waals surface area contributed by atoms with Crippen LogP contribution in [0.2, 0.25) is 0 Å². The van der Waals surface area contributed by atoms with Gasteiger partial charge in [0.1, 0.15) is 17.7 Å². The molecule has 1 atom stereocenters. The second-order valence-electron chi connectivity index (χ2n) is 10.5. The summed E-state index contributed by atoms with van der Waals surface area (Å²) in [4.78, 5) is 36.6. The van der Waals surface area contributed by atoms with Gasteiger partial charge in [-0.05, 0) is 56.0 Å². The van der Waals surface area contributed by atoms with E-state index >= 15 is 0 Å². The van der Waals surface area contributed by atoms with Crippen LogP contribution in [0.5, 0.6) is 5.75 Å². The predicted molar refractivity (Wildman–Crippen MR) is 150 cm³/mol. The zero-order valence-electron chi connectivity index (χ0n) is 22.6. The second-order valence-corrected chi connectivity index (χ2v) is 10.5. The van der Waals surface area contributed by atoms with Gasteiger partial charge in [0, 0.05) is 48.3 Å². The highest BCUT2D eigenvalue weighted by Crippen LogP contribution is 2.35. The number of hydrogen-bond acceptors (Lipinski definition) is 8. The third-order valence-corrected chi connectivity index (χ3v) is 7.99. The van der Waals surface area contributed by atoms with Gasteiger partial charge in [-0.2, -0.15) is 9.61 Å². The van der Waals surface area contributed by atoms with Gasteiger partial charge in [0.25, 0.3) is 5.91 Å². The Morgan fingerprint density at radius 3 is 2.62 bits per heavy atom. The summed E-state index contributed by atoms with van der Waals surface area (Å²) in [5.74, 6) is 0.708. The first-order valence-corrected chi connectivity index (χ1v) is 13.7. The summed E-state index contributed by atoms with van der Waals surface area (Å²) >= 11 is 0. The highest BCUT2D eigenvalue weighted by Gasteiger charge is 2.31. The molecule has 2 aliphatic rings. The lowest BCUT2D eigenvalue weighted by Crippen LogP contribution is -2.43. The largest absolute Gasteiger partial charge is 0.493 e. The SMILES string of the molecule is CCC(O)C(=O)N1CCC(c2nc3c(-c4ccc(-c5ccc6c(c5)CCO6)nc4)cnn3c(N)c2C(C)=O)CC1. The average molecular weight is 541 g/mol. The van der Waals surface area contributed by atoms with Gasteiger partial charge in [-0.1, -0.05) is 13.0 Å². The topological polar surface area (TPSA) is 136 Å². The highest BCUT2D eigenvalue weighted by molar-refractivity contribution is 6.00. The van der Waals surface area contributed by atoms with Crippen molar-refractivity contribution in [3.05, 3.63) is 59.5 Å². The molecule has 1 fully saturated rings. The lowest BCUT2D eigenvalue weighted by molar-refractivity contribution is -0.141. The molecule has 0 aliphatic carbocycles. The van der Waals surface area contributed by atoms with Crippen LogP contribution >= 0.6 is 0 Å². The first kappa shape index (κ1) is 25.9. The normalized spacial score (nSPS) is 16.1. The molecule has 1 aromatic carbocycles. The van der Waals surface area contributed by atoms with Crippen molar-refractivity contribution in [3.8, 4) is 28.1 Å². The number of aromatic nitrogens is 4. The number of benzene rings is 1. The Hall–Kier alpha value is -4.31. The van der Waals surface area contributed by atoms with Crippen LogP contribution in [0.3, 0.4) is 0 Å². The summed E-state index contributed by atoms with van der Waals surface area (Å²) in [5.41, 5.74) is 12.8. The van der Waals surface area contributed by atoms with Crippen LogP contribution in [0.4, 0.5) is 5.82 Å². The fraction of sp³-hybridized carbons (Fsp3) is 0.367. The lowest BCUT2D eigenvalue weighted by Gasteiger charge is -2.33. The molecule has 1 saturated heterocycles. The number of carbonyl (C=O) groups is 2. The minimum absolute atomic E-state index is 0.0546. The quantitative estimate of drug-likeness (QED) is 0.354. The molecule has 0 bridgehead atoms. The molecule has 5 heterocycles. The summed E-state index contributed by atoms with van der Waals surface area (Å²) in [7, 11) is 0. The van der Waals surface area contributed by atoms with Crippen molar-refractivity contribution in [2.24, 2.45) is 0 Å². The van der Waals surface area contributed by atoms with Gasteiger partial charge in [-0.25, -0.2) is 4.98 Å². The highest BCUT2D eigenvalue weighted by atomic mass is 16.5. The number of likely N-dealkylation sites (tertiary alicyclic amines) is 1. The first-order chi connectivity index (χ1) is 19.4. The van der Waals surface area contributed by atoms with Crippen LogP contribution in [-0.2, 0) is 11.2 Å². The Kier molecular flexibility index (Phi) is 6.71. The summed E-state index contributed by atoms with van der Waals surface area (Å²) < 4.78 is 7.13. The molecule has 6 rings (SSSR count). The van der Waals surface area contributed by atoms with Gasteiger partial charge in [-0.3, -0.25) is 14.6 Å². The van der Waals surface area contributed by atoms with Gasteiger partial charge in [0.15, 0.2) is 11.4 Å². The Morgan fingerprint density at radius 2 is 1.93 bits per heavy atom. The van der Waals surface area contributed by atoms with Gasteiger partial charge in [0.05, 0.1) is 29.8 Å². The van der Waals surface area contributed by atoms with Gasteiger partial charge in [-0.15, -0.1) is 0 Å². The van der Waals surface area contributed by atoms with Crippen molar-refractivity contribution in [2.45, 2.75) is 51.6 Å². The first-order valence-electron chi connectivity index (χ1n) is 13.7. The number of nitrogens with zero attached hydrogens (tertiary/aromatic N) is 5. The fourth-order valence-corrected chi connectivity index (χ4v) is 5.72. The van der Waals surface area contributed by atoms with E-state index in [4.69, 9.17) is 20.4 Å². The number of hydrogen-bond donors (Lipinski definition) is 2. The van der Waals surface area contributed by atoms with Crippen molar-refractivity contribution in [2.75, 3.05) is 25.4 Å². The van der Waals surface area contributed by atoms with E-state index < -0.39 is 6.10 Å². The molecule has 0 saturated carbocycles. The molecular weight excluding hydrogens is 508 g/mol. The number of rotatable bonds is 6. The number of carbonyl (C=O) groups excluding carboxylic acids is 2. The van der Waals surface area contributed by atoms with Crippen LogP contribution in [0.15, 0.2) is 42.7 Å². The predicted octanol–water partition coefficient (Wildman–Crippen LogP) is 3.65. The van der Waals surface area contributed by atoms with Crippen LogP contribution in [0.25, 0.3) is 28.0 Å². The van der Waals surface area contributed by atoms with Crippen LogP contribution in [-0.4, -0.2) is 67.1 Å².